The molecule has 0 aliphatic heterocycles. The van der Waals surface area contributed by atoms with Gasteiger partial charge in [0.25, 0.3) is 0 Å². The molecule has 1 aliphatic rings. The van der Waals surface area contributed by atoms with E-state index in [1.54, 1.807) is 0 Å². The Balaban J connectivity index is 2.18. The fourth-order valence-corrected chi connectivity index (χ4v) is 2.51. The van der Waals surface area contributed by atoms with Crippen molar-refractivity contribution in [3.8, 4) is 0 Å². The molecule has 0 saturated carbocycles. The van der Waals surface area contributed by atoms with Gasteiger partial charge in [0.15, 0.2) is 0 Å². The van der Waals surface area contributed by atoms with E-state index in [4.69, 9.17) is 0 Å². The molecular weight excluding hydrogens is 194 g/mol. The number of fused-ring (bicyclic) bond motifs is 1. The lowest BCUT2D eigenvalue weighted by molar-refractivity contribution is 0.614. The molecule has 1 heteroatoms. The van der Waals surface area contributed by atoms with E-state index in [2.05, 4.69) is 66.1 Å². The highest BCUT2D eigenvalue weighted by molar-refractivity contribution is 5.81. The van der Waals surface area contributed by atoms with Crippen LogP contribution < -0.4 is 0 Å². The first-order chi connectivity index (χ1) is 7.86. The highest BCUT2D eigenvalue weighted by Crippen LogP contribution is 2.27. The normalized spacial score (nSPS) is 19.4. The van der Waals surface area contributed by atoms with E-state index < -0.39 is 0 Å². The van der Waals surface area contributed by atoms with Gasteiger partial charge in [-0.3, -0.25) is 0 Å². The Kier molecular flexibility index (Phi) is 2.17. The van der Waals surface area contributed by atoms with Crippen molar-refractivity contribution in [1.29, 1.82) is 0 Å². The highest BCUT2D eigenvalue weighted by atomic mass is 15.0. The molecule has 1 aromatic carbocycles. The van der Waals surface area contributed by atoms with Gasteiger partial charge in [0.1, 0.15) is 0 Å². The molecule has 0 fully saturated rings. The van der Waals surface area contributed by atoms with Gasteiger partial charge in [0.2, 0.25) is 0 Å². The summed E-state index contributed by atoms with van der Waals surface area (Å²) in [5.74, 6) is 0. The van der Waals surface area contributed by atoms with Crippen LogP contribution in [0.15, 0.2) is 54.6 Å². The van der Waals surface area contributed by atoms with Crippen molar-refractivity contribution in [3.63, 3.8) is 0 Å². The number of allylic oxidation sites excluding steroid dienone is 4. The molecule has 1 atom stereocenters. The highest BCUT2D eigenvalue weighted by Gasteiger charge is 2.12. The van der Waals surface area contributed by atoms with Gasteiger partial charge in [-0.25, -0.2) is 0 Å². The first kappa shape index (κ1) is 9.46. The lowest BCUT2D eigenvalue weighted by atomic mass is 10.1. The van der Waals surface area contributed by atoms with Gasteiger partial charge in [0, 0.05) is 11.2 Å². The zero-order valence-corrected chi connectivity index (χ0v) is 9.43. The minimum atomic E-state index is 0.477. The van der Waals surface area contributed by atoms with Gasteiger partial charge in [0.05, 0.1) is 6.04 Å². The van der Waals surface area contributed by atoms with Crippen molar-refractivity contribution in [2.75, 3.05) is 0 Å². The molecule has 2 aromatic rings. The second-order valence-electron chi connectivity index (χ2n) is 4.33. The summed E-state index contributed by atoms with van der Waals surface area (Å²) in [5, 5.41) is 1.34. The van der Waals surface area contributed by atoms with E-state index in [1.807, 2.05) is 0 Å². The predicted molar refractivity (Wildman–Crippen MR) is 68.6 cm³/mol. The van der Waals surface area contributed by atoms with Crippen LogP contribution in [0.5, 0.6) is 0 Å². The molecule has 16 heavy (non-hydrogen) atoms. The number of hydrogen-bond acceptors (Lipinski definition) is 0. The maximum atomic E-state index is 2.43. The molecule has 0 saturated heterocycles. The van der Waals surface area contributed by atoms with Crippen LogP contribution in [0.3, 0.4) is 0 Å². The van der Waals surface area contributed by atoms with Crippen molar-refractivity contribution in [2.45, 2.75) is 19.4 Å². The van der Waals surface area contributed by atoms with Crippen molar-refractivity contribution in [2.24, 2.45) is 0 Å². The summed E-state index contributed by atoms with van der Waals surface area (Å²) in [6.45, 7) is 2.19. The Morgan fingerprint density at radius 3 is 2.88 bits per heavy atom. The van der Waals surface area contributed by atoms with Crippen molar-refractivity contribution < 1.29 is 0 Å². The average Bonchev–Trinajstić information content (AvgIpc) is 2.66. The summed E-state index contributed by atoms with van der Waals surface area (Å²) >= 11 is 0. The van der Waals surface area contributed by atoms with E-state index in [1.165, 1.54) is 16.6 Å². The van der Waals surface area contributed by atoms with Gasteiger partial charge < -0.3 is 4.57 Å². The number of aryl methyl sites for hydroxylation is 1. The van der Waals surface area contributed by atoms with Crippen LogP contribution in [0.2, 0.25) is 0 Å². The third-order valence-electron chi connectivity index (χ3n) is 3.23. The number of benzene rings is 1. The summed E-state index contributed by atoms with van der Waals surface area (Å²) in [6, 6.07) is 11.3. The topological polar surface area (TPSA) is 4.93 Å². The molecule has 0 bridgehead atoms. The first-order valence-corrected chi connectivity index (χ1v) is 5.76. The van der Waals surface area contributed by atoms with Crippen LogP contribution in [0.1, 0.15) is 18.2 Å². The van der Waals surface area contributed by atoms with Gasteiger partial charge in [-0.05, 0) is 30.9 Å². The predicted octanol–water partition coefficient (Wildman–Crippen LogP) is 4.01. The van der Waals surface area contributed by atoms with Gasteiger partial charge in [-0.2, -0.15) is 0 Å². The number of rotatable bonds is 1. The lowest BCUT2D eigenvalue weighted by Crippen LogP contribution is -2.08. The number of para-hydroxylation sites is 1. The smallest absolute Gasteiger partial charge is 0.0556 e. The minimum Gasteiger partial charge on any atom is -0.338 e. The fraction of sp³-hybridized carbons (Fsp3) is 0.200. The van der Waals surface area contributed by atoms with Gasteiger partial charge in [-0.1, -0.05) is 42.5 Å². The summed E-state index contributed by atoms with van der Waals surface area (Å²) in [4.78, 5) is 0. The molecular formula is C15H15N. The zero-order valence-electron chi connectivity index (χ0n) is 9.43. The Morgan fingerprint density at radius 2 is 2.06 bits per heavy atom. The number of nitrogens with zero attached hydrogens (tertiary/aromatic N) is 1. The summed E-state index contributed by atoms with van der Waals surface area (Å²) in [7, 11) is 0. The summed E-state index contributed by atoms with van der Waals surface area (Å²) in [6.07, 6.45) is 9.87. The lowest BCUT2D eigenvalue weighted by Gasteiger charge is -2.18. The molecule has 0 spiro atoms. The van der Waals surface area contributed by atoms with Crippen LogP contribution in [-0.4, -0.2) is 4.57 Å². The quantitative estimate of drug-likeness (QED) is 0.668. The van der Waals surface area contributed by atoms with Crippen LogP contribution >= 0.6 is 0 Å². The van der Waals surface area contributed by atoms with Crippen LogP contribution in [0.4, 0.5) is 0 Å². The second kappa shape index (κ2) is 3.67. The SMILES string of the molecule is Cc1cc2ccccc2n1C1C=CC=CC1. The van der Waals surface area contributed by atoms with E-state index in [0.717, 1.165) is 6.42 Å². The fourth-order valence-electron chi connectivity index (χ4n) is 2.51. The molecule has 1 aromatic heterocycles. The van der Waals surface area contributed by atoms with Crippen molar-refractivity contribution in [3.05, 3.63) is 60.3 Å². The summed E-state index contributed by atoms with van der Waals surface area (Å²) in [5.41, 5.74) is 2.68. The van der Waals surface area contributed by atoms with E-state index in [9.17, 15) is 0 Å². The minimum absolute atomic E-state index is 0.477. The van der Waals surface area contributed by atoms with E-state index in [0.29, 0.717) is 6.04 Å². The molecule has 1 heterocycles. The molecule has 0 radical (unpaired) electrons. The average molecular weight is 209 g/mol. The number of aromatic nitrogens is 1. The molecule has 3 rings (SSSR count). The molecule has 0 N–H and O–H groups in total. The van der Waals surface area contributed by atoms with Crippen molar-refractivity contribution in [1.82, 2.24) is 4.57 Å². The molecule has 0 amide bonds. The van der Waals surface area contributed by atoms with Crippen LogP contribution in [0, 0.1) is 6.92 Å². The molecule has 80 valence electrons. The maximum absolute atomic E-state index is 2.43. The Hall–Kier alpha value is -1.76. The molecule has 1 nitrogen and oxygen atoms in total. The Bertz CT molecular complexity index is 572. The third-order valence-corrected chi connectivity index (χ3v) is 3.23. The second-order valence-corrected chi connectivity index (χ2v) is 4.33. The monoisotopic (exact) mass is 209 g/mol. The third kappa shape index (κ3) is 1.40. The van der Waals surface area contributed by atoms with Gasteiger partial charge in [-0.15, -0.1) is 0 Å². The Labute approximate surface area is 95.7 Å². The van der Waals surface area contributed by atoms with Gasteiger partial charge >= 0.3 is 0 Å². The van der Waals surface area contributed by atoms with Crippen LogP contribution in [-0.2, 0) is 0 Å². The van der Waals surface area contributed by atoms with E-state index in [-0.39, 0.29) is 0 Å². The first-order valence-electron chi connectivity index (χ1n) is 5.76. The van der Waals surface area contributed by atoms with E-state index >= 15 is 0 Å². The number of hydrogen-bond donors (Lipinski definition) is 0. The standard InChI is InChI=1S/C15H15N/c1-12-11-13-7-5-6-10-15(13)16(12)14-8-3-2-4-9-14/h2-8,10-11,14H,9H2,1H3. The maximum Gasteiger partial charge on any atom is 0.0556 e. The molecule has 1 aliphatic carbocycles. The molecule has 1 unspecified atom stereocenters. The van der Waals surface area contributed by atoms with Crippen LogP contribution in [0.25, 0.3) is 10.9 Å². The Morgan fingerprint density at radius 1 is 1.19 bits per heavy atom. The van der Waals surface area contributed by atoms with Crippen molar-refractivity contribution >= 4 is 10.9 Å². The largest absolute Gasteiger partial charge is 0.338 e. The summed E-state index contributed by atoms with van der Waals surface area (Å²) < 4.78 is 2.43. The zero-order chi connectivity index (χ0) is 11.0.